The monoisotopic (exact) mass is 309 g/mol. The van der Waals surface area contributed by atoms with Crippen molar-refractivity contribution in [3.05, 3.63) is 66.2 Å². The first-order chi connectivity index (χ1) is 11.3. The van der Waals surface area contributed by atoms with Crippen LogP contribution in [0.3, 0.4) is 0 Å². The summed E-state index contributed by atoms with van der Waals surface area (Å²) < 4.78 is 0. The van der Waals surface area contributed by atoms with Gasteiger partial charge in [0.15, 0.2) is 0 Å². The fourth-order valence-electron chi connectivity index (χ4n) is 3.03. The molecule has 1 atom stereocenters. The van der Waals surface area contributed by atoms with Crippen molar-refractivity contribution in [2.24, 2.45) is 0 Å². The molecule has 4 heteroatoms. The van der Waals surface area contributed by atoms with E-state index >= 15 is 0 Å². The third-order valence-electron chi connectivity index (χ3n) is 4.12. The summed E-state index contributed by atoms with van der Waals surface area (Å²) in [5.74, 6) is 0. The smallest absolute Gasteiger partial charge is 0.319 e. The van der Waals surface area contributed by atoms with Crippen LogP contribution in [0.5, 0.6) is 0 Å². The van der Waals surface area contributed by atoms with Gasteiger partial charge >= 0.3 is 6.03 Å². The molecule has 1 saturated heterocycles. The molecule has 1 aliphatic heterocycles. The van der Waals surface area contributed by atoms with Crippen molar-refractivity contribution in [3.63, 3.8) is 0 Å². The Morgan fingerprint density at radius 3 is 2.48 bits per heavy atom. The molecule has 3 rings (SSSR count). The van der Waals surface area contributed by atoms with E-state index in [0.29, 0.717) is 0 Å². The van der Waals surface area contributed by atoms with E-state index in [9.17, 15) is 4.79 Å². The molecule has 0 saturated carbocycles. The van der Waals surface area contributed by atoms with Gasteiger partial charge in [0.2, 0.25) is 0 Å². The van der Waals surface area contributed by atoms with E-state index in [4.69, 9.17) is 0 Å². The largest absolute Gasteiger partial charge is 0.334 e. The van der Waals surface area contributed by atoms with Crippen molar-refractivity contribution in [2.45, 2.75) is 25.4 Å². The van der Waals surface area contributed by atoms with Gasteiger partial charge in [0.1, 0.15) is 0 Å². The molecule has 0 radical (unpaired) electrons. The summed E-state index contributed by atoms with van der Waals surface area (Å²) in [5.41, 5.74) is 2.14. The second kappa shape index (κ2) is 7.79. The summed E-state index contributed by atoms with van der Waals surface area (Å²) in [4.78, 5) is 14.5. The van der Waals surface area contributed by atoms with Crippen molar-refractivity contribution < 1.29 is 4.79 Å². The lowest BCUT2D eigenvalue weighted by Crippen LogP contribution is -2.48. The minimum Gasteiger partial charge on any atom is -0.334 e. The fourth-order valence-corrected chi connectivity index (χ4v) is 3.03. The van der Waals surface area contributed by atoms with E-state index in [1.54, 1.807) is 0 Å². The van der Waals surface area contributed by atoms with Crippen LogP contribution < -0.4 is 10.6 Å². The standard InChI is InChI=1S/C19H23N3O/c23-19(20-17-10-5-2-6-11-17)21-18-12-7-13-22(15-18)14-16-8-3-1-4-9-16/h1-6,8-11,18H,7,12-15H2,(H2,20,21,23)/t18-/m1/s1. The molecule has 2 N–H and O–H groups in total. The van der Waals surface area contributed by atoms with Crippen LogP contribution in [0.2, 0.25) is 0 Å². The Bertz CT molecular complexity index is 615. The fraction of sp³-hybridized carbons (Fsp3) is 0.316. The van der Waals surface area contributed by atoms with Gasteiger partial charge in [-0.2, -0.15) is 0 Å². The van der Waals surface area contributed by atoms with Crippen molar-refractivity contribution >= 4 is 11.7 Å². The third-order valence-corrected chi connectivity index (χ3v) is 4.12. The number of hydrogen-bond donors (Lipinski definition) is 2. The van der Waals surface area contributed by atoms with E-state index in [1.807, 2.05) is 36.4 Å². The first kappa shape index (κ1) is 15.6. The molecule has 2 amide bonds. The summed E-state index contributed by atoms with van der Waals surface area (Å²) in [6, 6.07) is 20.1. The van der Waals surface area contributed by atoms with Crippen LogP contribution in [0.25, 0.3) is 0 Å². The number of benzene rings is 2. The summed E-state index contributed by atoms with van der Waals surface area (Å²) >= 11 is 0. The number of nitrogens with zero attached hydrogens (tertiary/aromatic N) is 1. The summed E-state index contributed by atoms with van der Waals surface area (Å²) in [6.45, 7) is 2.93. The maximum atomic E-state index is 12.1. The minimum atomic E-state index is -0.122. The first-order valence-electron chi connectivity index (χ1n) is 8.18. The lowest BCUT2D eigenvalue weighted by Gasteiger charge is -2.33. The van der Waals surface area contributed by atoms with E-state index in [-0.39, 0.29) is 12.1 Å². The number of anilines is 1. The molecule has 4 nitrogen and oxygen atoms in total. The zero-order valence-electron chi connectivity index (χ0n) is 13.2. The maximum absolute atomic E-state index is 12.1. The molecule has 0 spiro atoms. The van der Waals surface area contributed by atoms with Gasteiger partial charge in [-0.25, -0.2) is 4.79 Å². The molecule has 2 aromatic carbocycles. The van der Waals surface area contributed by atoms with Gasteiger partial charge in [-0.1, -0.05) is 48.5 Å². The van der Waals surface area contributed by atoms with Gasteiger partial charge in [-0.3, -0.25) is 4.90 Å². The second-order valence-electron chi connectivity index (χ2n) is 6.02. The lowest BCUT2D eigenvalue weighted by atomic mass is 10.0. The molecular weight excluding hydrogens is 286 g/mol. The highest BCUT2D eigenvalue weighted by molar-refractivity contribution is 5.89. The maximum Gasteiger partial charge on any atom is 0.319 e. The van der Waals surface area contributed by atoms with Gasteiger partial charge in [0, 0.05) is 24.8 Å². The number of carbonyl (C=O) groups excluding carboxylic acids is 1. The average molecular weight is 309 g/mol. The van der Waals surface area contributed by atoms with Crippen LogP contribution >= 0.6 is 0 Å². The molecular formula is C19H23N3O. The molecule has 1 heterocycles. The Kier molecular flexibility index (Phi) is 5.27. The number of carbonyl (C=O) groups is 1. The van der Waals surface area contributed by atoms with Crippen LogP contribution in [0, 0.1) is 0 Å². The van der Waals surface area contributed by atoms with Crippen LogP contribution in [0.4, 0.5) is 10.5 Å². The molecule has 1 fully saturated rings. The van der Waals surface area contributed by atoms with Crippen LogP contribution in [0.15, 0.2) is 60.7 Å². The predicted octanol–water partition coefficient (Wildman–Crippen LogP) is 3.47. The molecule has 0 bridgehead atoms. The molecule has 0 aromatic heterocycles. The molecule has 120 valence electrons. The number of urea groups is 1. The molecule has 2 aromatic rings. The van der Waals surface area contributed by atoms with Gasteiger partial charge in [0.05, 0.1) is 0 Å². The first-order valence-corrected chi connectivity index (χ1v) is 8.18. The molecule has 1 aliphatic rings. The number of piperidine rings is 1. The Morgan fingerprint density at radius 1 is 1.04 bits per heavy atom. The number of amides is 2. The van der Waals surface area contributed by atoms with Crippen molar-refractivity contribution in [1.29, 1.82) is 0 Å². The minimum absolute atomic E-state index is 0.122. The summed E-state index contributed by atoms with van der Waals surface area (Å²) in [5, 5.41) is 5.98. The van der Waals surface area contributed by atoms with Gasteiger partial charge in [0.25, 0.3) is 0 Å². The van der Waals surface area contributed by atoms with Crippen molar-refractivity contribution in [2.75, 3.05) is 18.4 Å². The Morgan fingerprint density at radius 2 is 1.74 bits per heavy atom. The Balaban J connectivity index is 1.49. The number of rotatable bonds is 4. The van der Waals surface area contributed by atoms with Crippen molar-refractivity contribution in [3.8, 4) is 0 Å². The molecule has 23 heavy (non-hydrogen) atoms. The average Bonchev–Trinajstić information content (AvgIpc) is 2.57. The zero-order chi connectivity index (χ0) is 15.9. The number of nitrogens with one attached hydrogen (secondary N) is 2. The normalized spacial score (nSPS) is 18.3. The summed E-state index contributed by atoms with van der Waals surface area (Å²) in [6.07, 6.45) is 2.15. The van der Waals surface area contributed by atoms with Crippen molar-refractivity contribution in [1.82, 2.24) is 10.2 Å². The Labute approximate surface area is 137 Å². The van der Waals surface area contributed by atoms with E-state index in [1.165, 1.54) is 5.56 Å². The number of para-hydroxylation sites is 1. The lowest BCUT2D eigenvalue weighted by molar-refractivity contribution is 0.183. The van der Waals surface area contributed by atoms with Crippen LogP contribution in [-0.4, -0.2) is 30.1 Å². The topological polar surface area (TPSA) is 44.4 Å². The summed E-state index contributed by atoms with van der Waals surface area (Å²) in [7, 11) is 0. The van der Waals surface area contributed by atoms with Crippen LogP contribution in [0.1, 0.15) is 18.4 Å². The number of likely N-dealkylation sites (tertiary alicyclic amines) is 1. The second-order valence-corrected chi connectivity index (χ2v) is 6.02. The number of hydrogen-bond acceptors (Lipinski definition) is 2. The van der Waals surface area contributed by atoms with E-state index in [0.717, 1.165) is 38.2 Å². The Hall–Kier alpha value is -2.33. The van der Waals surface area contributed by atoms with Gasteiger partial charge < -0.3 is 10.6 Å². The quantitative estimate of drug-likeness (QED) is 0.908. The highest BCUT2D eigenvalue weighted by Crippen LogP contribution is 2.14. The third kappa shape index (κ3) is 4.83. The van der Waals surface area contributed by atoms with E-state index in [2.05, 4.69) is 39.8 Å². The molecule has 0 unspecified atom stereocenters. The predicted molar refractivity (Wildman–Crippen MR) is 93.3 cm³/mol. The van der Waals surface area contributed by atoms with E-state index < -0.39 is 0 Å². The van der Waals surface area contributed by atoms with Crippen LogP contribution in [-0.2, 0) is 6.54 Å². The van der Waals surface area contributed by atoms with Gasteiger partial charge in [-0.05, 0) is 37.1 Å². The highest BCUT2D eigenvalue weighted by Gasteiger charge is 2.21. The molecule has 0 aliphatic carbocycles. The van der Waals surface area contributed by atoms with Gasteiger partial charge in [-0.15, -0.1) is 0 Å². The highest BCUT2D eigenvalue weighted by atomic mass is 16.2. The zero-order valence-corrected chi connectivity index (χ0v) is 13.2. The SMILES string of the molecule is O=C(Nc1ccccc1)N[C@@H]1CCCN(Cc2ccccc2)C1.